The van der Waals surface area contributed by atoms with Crippen LogP contribution in [0.1, 0.15) is 16.4 Å². The summed E-state index contributed by atoms with van der Waals surface area (Å²) < 4.78 is 0. The summed E-state index contributed by atoms with van der Waals surface area (Å²) >= 11 is 1.67. The lowest BCUT2D eigenvalue weighted by Crippen LogP contribution is -2.13. The van der Waals surface area contributed by atoms with Gasteiger partial charge in [-0.25, -0.2) is 4.98 Å². The van der Waals surface area contributed by atoms with Crippen molar-refractivity contribution in [1.29, 1.82) is 0 Å². The average Bonchev–Trinajstić information content (AvgIpc) is 2.67. The van der Waals surface area contributed by atoms with Crippen LogP contribution in [-0.4, -0.2) is 9.97 Å². The van der Waals surface area contributed by atoms with E-state index < -0.39 is 0 Å². The van der Waals surface area contributed by atoms with Gasteiger partial charge in [-0.1, -0.05) is 0 Å². The Bertz CT molecular complexity index is 449. The molecule has 0 radical (unpaired) electrons. The minimum atomic E-state index is 0.693. The second kappa shape index (κ2) is 5.05. The van der Waals surface area contributed by atoms with Crippen LogP contribution in [0.15, 0.2) is 23.7 Å². The molecule has 84 valence electrons. The Balaban J connectivity index is 1.82. The molecule has 0 amide bonds. The zero-order valence-corrected chi connectivity index (χ0v) is 9.92. The summed E-state index contributed by atoms with van der Waals surface area (Å²) in [6, 6.07) is 3.78. The molecule has 2 heterocycles. The zero-order chi connectivity index (χ0) is 11.4. The minimum absolute atomic E-state index is 0.693. The second-order valence-corrected chi connectivity index (χ2v) is 4.61. The Labute approximate surface area is 98.6 Å². The van der Waals surface area contributed by atoms with E-state index in [2.05, 4.69) is 20.7 Å². The molecule has 0 spiro atoms. The highest BCUT2D eigenvalue weighted by molar-refractivity contribution is 7.09. The van der Waals surface area contributed by atoms with Crippen LogP contribution in [0.2, 0.25) is 0 Å². The molecule has 2 aromatic rings. The first kappa shape index (κ1) is 11.0. The molecule has 0 aliphatic carbocycles. The van der Waals surface area contributed by atoms with Crippen molar-refractivity contribution in [1.82, 2.24) is 15.3 Å². The van der Waals surface area contributed by atoms with E-state index in [1.165, 1.54) is 0 Å². The topological polar surface area (TPSA) is 63.8 Å². The van der Waals surface area contributed by atoms with E-state index in [4.69, 9.17) is 5.73 Å². The second-order valence-electron chi connectivity index (χ2n) is 3.54. The van der Waals surface area contributed by atoms with E-state index in [0.29, 0.717) is 5.69 Å². The van der Waals surface area contributed by atoms with Crippen LogP contribution in [-0.2, 0) is 13.1 Å². The van der Waals surface area contributed by atoms with E-state index in [0.717, 1.165) is 29.5 Å². The van der Waals surface area contributed by atoms with Gasteiger partial charge in [0.15, 0.2) is 0 Å². The summed E-state index contributed by atoms with van der Waals surface area (Å²) in [7, 11) is 0. The number of aryl methyl sites for hydroxylation is 1. The van der Waals surface area contributed by atoms with Gasteiger partial charge in [-0.05, 0) is 19.1 Å². The summed E-state index contributed by atoms with van der Waals surface area (Å²) in [5.41, 5.74) is 8.32. The number of pyridine rings is 1. The molecule has 0 saturated carbocycles. The predicted octanol–water partition coefficient (Wildman–Crippen LogP) is 1.72. The fraction of sp³-hybridized carbons (Fsp3) is 0.273. The molecule has 0 aliphatic heterocycles. The normalized spacial score (nSPS) is 10.6. The quantitative estimate of drug-likeness (QED) is 0.845. The largest absolute Gasteiger partial charge is 0.397 e. The zero-order valence-electron chi connectivity index (χ0n) is 9.10. The van der Waals surface area contributed by atoms with Gasteiger partial charge in [-0.3, -0.25) is 4.98 Å². The van der Waals surface area contributed by atoms with Crippen molar-refractivity contribution in [3.63, 3.8) is 0 Å². The number of nitrogen functional groups attached to an aromatic ring is 1. The lowest BCUT2D eigenvalue weighted by atomic mass is 10.3. The summed E-state index contributed by atoms with van der Waals surface area (Å²) in [5.74, 6) is 0. The van der Waals surface area contributed by atoms with Crippen LogP contribution < -0.4 is 11.1 Å². The third-order valence-electron chi connectivity index (χ3n) is 2.13. The van der Waals surface area contributed by atoms with E-state index in [-0.39, 0.29) is 0 Å². The molecule has 3 N–H and O–H groups in total. The summed E-state index contributed by atoms with van der Waals surface area (Å²) in [6.45, 7) is 3.52. The van der Waals surface area contributed by atoms with E-state index >= 15 is 0 Å². The fourth-order valence-corrected chi connectivity index (χ4v) is 1.96. The maximum atomic E-state index is 5.56. The highest BCUT2D eigenvalue weighted by Crippen LogP contribution is 2.07. The first-order valence-corrected chi connectivity index (χ1v) is 5.94. The van der Waals surface area contributed by atoms with Gasteiger partial charge in [0, 0.05) is 18.5 Å². The smallest absolute Gasteiger partial charge is 0.0897 e. The number of nitrogens with two attached hydrogens (primary N) is 1. The van der Waals surface area contributed by atoms with Crippen molar-refractivity contribution in [2.45, 2.75) is 20.0 Å². The fourth-order valence-electron chi connectivity index (χ4n) is 1.35. The molecule has 0 unspecified atom stereocenters. The maximum absolute atomic E-state index is 5.56. The van der Waals surface area contributed by atoms with Crippen molar-refractivity contribution in [3.05, 3.63) is 40.1 Å². The summed E-state index contributed by atoms with van der Waals surface area (Å²) in [5, 5.41) is 6.46. The van der Waals surface area contributed by atoms with Crippen LogP contribution in [0.25, 0.3) is 0 Å². The standard InChI is InChI=1S/C11H14N4S/c1-8-15-11(7-16-8)6-13-5-10-3-2-9(12)4-14-10/h2-4,7,13H,5-6,12H2,1H3. The van der Waals surface area contributed by atoms with E-state index in [9.17, 15) is 0 Å². The molecule has 2 aromatic heterocycles. The van der Waals surface area contributed by atoms with Gasteiger partial charge < -0.3 is 11.1 Å². The molecule has 16 heavy (non-hydrogen) atoms. The lowest BCUT2D eigenvalue weighted by Gasteiger charge is -2.02. The van der Waals surface area contributed by atoms with Crippen LogP contribution in [0, 0.1) is 6.92 Å². The van der Waals surface area contributed by atoms with Gasteiger partial charge in [-0.2, -0.15) is 0 Å². The predicted molar refractivity (Wildman–Crippen MR) is 66.0 cm³/mol. The lowest BCUT2D eigenvalue weighted by molar-refractivity contribution is 0.669. The first-order chi connectivity index (χ1) is 7.74. The maximum Gasteiger partial charge on any atom is 0.0897 e. The molecular weight excluding hydrogens is 220 g/mol. The highest BCUT2D eigenvalue weighted by Gasteiger charge is 1.98. The molecule has 0 fully saturated rings. The molecule has 0 bridgehead atoms. The van der Waals surface area contributed by atoms with Crippen molar-refractivity contribution in [3.8, 4) is 0 Å². The molecular formula is C11H14N4S. The third kappa shape index (κ3) is 3.01. The molecule has 0 atom stereocenters. The minimum Gasteiger partial charge on any atom is -0.397 e. The Morgan fingerprint density at radius 2 is 2.12 bits per heavy atom. The van der Waals surface area contributed by atoms with Crippen LogP contribution in [0.4, 0.5) is 5.69 Å². The van der Waals surface area contributed by atoms with Crippen molar-refractivity contribution < 1.29 is 0 Å². The van der Waals surface area contributed by atoms with Crippen LogP contribution >= 0.6 is 11.3 Å². The van der Waals surface area contributed by atoms with Gasteiger partial charge in [0.1, 0.15) is 0 Å². The van der Waals surface area contributed by atoms with E-state index in [1.807, 2.05) is 19.1 Å². The van der Waals surface area contributed by atoms with Crippen LogP contribution in [0.3, 0.4) is 0 Å². The third-order valence-corrected chi connectivity index (χ3v) is 2.95. The Hall–Kier alpha value is -1.46. The SMILES string of the molecule is Cc1nc(CNCc2ccc(N)cn2)cs1. The molecule has 0 aliphatic rings. The number of thiazole rings is 1. The van der Waals surface area contributed by atoms with E-state index in [1.54, 1.807) is 17.5 Å². The Kier molecular flexibility index (Phi) is 3.48. The number of anilines is 1. The summed E-state index contributed by atoms with van der Waals surface area (Å²) in [4.78, 5) is 8.58. The number of nitrogens with one attached hydrogen (secondary N) is 1. The van der Waals surface area contributed by atoms with Crippen molar-refractivity contribution in [2.75, 3.05) is 5.73 Å². The van der Waals surface area contributed by atoms with Gasteiger partial charge in [0.25, 0.3) is 0 Å². The van der Waals surface area contributed by atoms with Gasteiger partial charge in [0.05, 0.1) is 28.3 Å². The highest BCUT2D eigenvalue weighted by atomic mass is 32.1. The number of rotatable bonds is 4. The molecule has 5 heteroatoms. The molecule has 4 nitrogen and oxygen atoms in total. The van der Waals surface area contributed by atoms with Gasteiger partial charge in [0.2, 0.25) is 0 Å². The molecule has 0 saturated heterocycles. The Morgan fingerprint density at radius 3 is 2.75 bits per heavy atom. The number of aromatic nitrogens is 2. The van der Waals surface area contributed by atoms with Crippen molar-refractivity contribution in [2.24, 2.45) is 0 Å². The first-order valence-electron chi connectivity index (χ1n) is 5.06. The number of nitrogens with zero attached hydrogens (tertiary/aromatic N) is 2. The Morgan fingerprint density at radius 1 is 1.31 bits per heavy atom. The summed E-state index contributed by atoms with van der Waals surface area (Å²) in [6.07, 6.45) is 1.67. The molecule has 2 rings (SSSR count). The van der Waals surface area contributed by atoms with Crippen molar-refractivity contribution >= 4 is 17.0 Å². The van der Waals surface area contributed by atoms with Gasteiger partial charge >= 0.3 is 0 Å². The molecule has 0 aromatic carbocycles. The number of hydrogen-bond donors (Lipinski definition) is 2. The number of hydrogen-bond acceptors (Lipinski definition) is 5. The average molecular weight is 234 g/mol. The van der Waals surface area contributed by atoms with Gasteiger partial charge in [-0.15, -0.1) is 11.3 Å². The monoisotopic (exact) mass is 234 g/mol. The van der Waals surface area contributed by atoms with Crippen LogP contribution in [0.5, 0.6) is 0 Å².